The summed E-state index contributed by atoms with van der Waals surface area (Å²) in [4.78, 5) is 11.3. The summed E-state index contributed by atoms with van der Waals surface area (Å²) in [7, 11) is 1.63. The lowest BCUT2D eigenvalue weighted by atomic mass is 9.85. The van der Waals surface area contributed by atoms with Crippen LogP contribution in [-0.4, -0.2) is 18.0 Å². The number of hydrogen-bond donors (Lipinski definition) is 0. The Kier molecular flexibility index (Phi) is 6.95. The van der Waals surface area contributed by atoms with Gasteiger partial charge in [-0.1, -0.05) is 78.0 Å². The van der Waals surface area contributed by atoms with Gasteiger partial charge in [-0.3, -0.25) is 4.79 Å². The molecule has 0 N–H and O–H groups in total. The molecule has 0 bridgehead atoms. The molecule has 0 fully saturated rings. The summed E-state index contributed by atoms with van der Waals surface area (Å²) in [6.07, 6.45) is 4.99. The first kappa shape index (κ1) is 27.5. The van der Waals surface area contributed by atoms with Crippen LogP contribution in [0.5, 0.6) is 5.75 Å². The Morgan fingerprint density at radius 2 is 1.23 bits per heavy atom. The molecule has 0 atom stereocenters. The van der Waals surface area contributed by atoms with Gasteiger partial charge < -0.3 is 9.30 Å². The molecule has 0 amide bonds. The molecule has 3 nitrogen and oxygen atoms in total. The number of ether oxygens (including phenoxy) is 1. The van der Waals surface area contributed by atoms with Crippen LogP contribution in [0.1, 0.15) is 79.7 Å². The normalized spacial score (nSPS) is 12.5. The van der Waals surface area contributed by atoms with E-state index in [1.165, 1.54) is 32.9 Å². The zero-order valence-electron chi connectivity index (χ0n) is 24.9. The summed E-state index contributed by atoms with van der Waals surface area (Å²) in [6.45, 7) is 15.6. The molecule has 5 rings (SSSR count). The summed E-state index contributed by atoms with van der Waals surface area (Å²) in [5.41, 5.74) is 10.0. The Morgan fingerprint density at radius 1 is 0.675 bits per heavy atom. The molecule has 204 valence electrons. The van der Waals surface area contributed by atoms with Crippen LogP contribution in [0, 0.1) is 6.92 Å². The summed E-state index contributed by atoms with van der Waals surface area (Å²) in [5.74, 6) is 0.690. The van der Waals surface area contributed by atoms with Crippen LogP contribution in [0.25, 0.3) is 39.6 Å². The Bertz CT molecular complexity index is 1680. The van der Waals surface area contributed by atoms with Crippen LogP contribution in [0.3, 0.4) is 0 Å². The molecule has 4 aromatic carbocycles. The number of aryl methyl sites for hydroxylation is 1. The second kappa shape index (κ2) is 10.1. The third kappa shape index (κ3) is 5.09. The van der Waals surface area contributed by atoms with Gasteiger partial charge in [-0.2, -0.15) is 0 Å². The van der Waals surface area contributed by atoms with E-state index in [2.05, 4.69) is 113 Å². The molecule has 0 radical (unpaired) electrons. The van der Waals surface area contributed by atoms with Gasteiger partial charge in [0.1, 0.15) is 12.0 Å². The number of methoxy groups -OCH3 is 1. The van der Waals surface area contributed by atoms with E-state index in [9.17, 15) is 4.79 Å². The second-order valence-electron chi connectivity index (χ2n) is 12.8. The third-order valence-corrected chi connectivity index (χ3v) is 7.85. The number of hydrogen-bond acceptors (Lipinski definition) is 2. The summed E-state index contributed by atoms with van der Waals surface area (Å²) in [6, 6.07) is 26.3. The Labute approximate surface area is 238 Å². The smallest absolute Gasteiger partial charge is 0.150 e. The Hall–Kier alpha value is -4.11. The molecule has 0 spiro atoms. The molecule has 40 heavy (non-hydrogen) atoms. The third-order valence-electron chi connectivity index (χ3n) is 7.85. The summed E-state index contributed by atoms with van der Waals surface area (Å²) < 4.78 is 7.90. The molecular formula is C37H39NO2. The molecule has 1 aromatic heterocycles. The van der Waals surface area contributed by atoms with Crippen LogP contribution in [0.4, 0.5) is 0 Å². The molecule has 5 aromatic rings. The fraction of sp³-hybridized carbons (Fsp3) is 0.270. The highest BCUT2D eigenvalue weighted by molar-refractivity contribution is 6.10. The van der Waals surface area contributed by atoms with E-state index in [-0.39, 0.29) is 10.8 Å². The van der Waals surface area contributed by atoms with Crippen molar-refractivity contribution in [3.05, 3.63) is 106 Å². The van der Waals surface area contributed by atoms with Crippen molar-refractivity contribution < 1.29 is 9.53 Å². The van der Waals surface area contributed by atoms with Gasteiger partial charge in [-0.25, -0.2) is 0 Å². The summed E-state index contributed by atoms with van der Waals surface area (Å²) in [5, 5.41) is 2.58. The van der Waals surface area contributed by atoms with Gasteiger partial charge in [0.15, 0.2) is 0 Å². The minimum atomic E-state index is 0.0764. The monoisotopic (exact) mass is 529 g/mol. The first-order valence-electron chi connectivity index (χ1n) is 13.9. The largest absolute Gasteiger partial charge is 0.496 e. The average molecular weight is 530 g/mol. The van der Waals surface area contributed by atoms with Gasteiger partial charge in [0.25, 0.3) is 0 Å². The zero-order chi connectivity index (χ0) is 28.8. The Balaban J connectivity index is 1.60. The fourth-order valence-electron chi connectivity index (χ4n) is 5.32. The van der Waals surface area contributed by atoms with Crippen LogP contribution in [0.2, 0.25) is 0 Å². The van der Waals surface area contributed by atoms with Crippen molar-refractivity contribution in [2.24, 2.45) is 0 Å². The van der Waals surface area contributed by atoms with E-state index in [4.69, 9.17) is 4.74 Å². The number of fused-ring (bicyclic) bond motifs is 3. The van der Waals surface area contributed by atoms with Gasteiger partial charge in [0.05, 0.1) is 18.1 Å². The second-order valence-corrected chi connectivity index (χ2v) is 12.8. The first-order valence-corrected chi connectivity index (χ1v) is 13.9. The van der Waals surface area contributed by atoms with Crippen molar-refractivity contribution in [3.8, 4) is 11.4 Å². The van der Waals surface area contributed by atoms with Crippen LogP contribution >= 0.6 is 0 Å². The standard InChI is InChI=1S/C37H39NO2/c1-24-19-26(35(40-8)20-27(24)23-39)12-9-25-10-15-30(16-11-25)38-33-17-13-28(36(2,3)4)21-31(33)32-22-29(37(5,6)7)14-18-34(32)38/h9-23H,1-8H3/b12-9+. The number of aldehydes is 1. The molecule has 0 unspecified atom stereocenters. The van der Waals surface area contributed by atoms with Gasteiger partial charge in [0.2, 0.25) is 0 Å². The average Bonchev–Trinajstić information content (AvgIpc) is 3.24. The van der Waals surface area contributed by atoms with Gasteiger partial charge in [-0.15, -0.1) is 0 Å². The molecule has 1 heterocycles. The van der Waals surface area contributed by atoms with Crippen molar-refractivity contribution in [1.29, 1.82) is 0 Å². The number of nitrogens with zero attached hydrogens (tertiary/aromatic N) is 1. The predicted molar refractivity (Wildman–Crippen MR) is 170 cm³/mol. The maximum absolute atomic E-state index is 11.3. The van der Waals surface area contributed by atoms with E-state index in [0.29, 0.717) is 11.3 Å². The van der Waals surface area contributed by atoms with E-state index >= 15 is 0 Å². The van der Waals surface area contributed by atoms with Crippen molar-refractivity contribution in [1.82, 2.24) is 4.57 Å². The number of benzene rings is 4. The maximum Gasteiger partial charge on any atom is 0.150 e. The lowest BCUT2D eigenvalue weighted by Crippen LogP contribution is -2.10. The van der Waals surface area contributed by atoms with Crippen molar-refractivity contribution in [2.75, 3.05) is 7.11 Å². The topological polar surface area (TPSA) is 31.2 Å². The van der Waals surface area contributed by atoms with Crippen LogP contribution in [0.15, 0.2) is 72.8 Å². The van der Waals surface area contributed by atoms with Gasteiger partial charge in [0, 0.05) is 27.6 Å². The highest BCUT2D eigenvalue weighted by atomic mass is 16.5. The first-order chi connectivity index (χ1) is 18.9. The molecule has 0 aliphatic rings. The van der Waals surface area contributed by atoms with Crippen molar-refractivity contribution >= 4 is 40.2 Å². The molecular weight excluding hydrogens is 490 g/mol. The highest BCUT2D eigenvalue weighted by Gasteiger charge is 2.20. The van der Waals surface area contributed by atoms with Gasteiger partial charge in [-0.05, 0) is 88.5 Å². The van der Waals surface area contributed by atoms with Gasteiger partial charge >= 0.3 is 0 Å². The molecule has 0 aliphatic heterocycles. The van der Waals surface area contributed by atoms with E-state index < -0.39 is 0 Å². The SMILES string of the molecule is COc1cc(C=O)c(C)cc1/C=C/c1ccc(-n2c3ccc(C(C)(C)C)cc3c3cc(C(C)(C)C)ccc32)cc1. The number of aromatic nitrogens is 1. The summed E-state index contributed by atoms with van der Waals surface area (Å²) >= 11 is 0. The molecule has 3 heteroatoms. The number of carbonyl (C=O) groups is 1. The Morgan fingerprint density at radius 3 is 1.70 bits per heavy atom. The number of carbonyl (C=O) groups excluding carboxylic acids is 1. The van der Waals surface area contributed by atoms with Crippen molar-refractivity contribution in [2.45, 2.75) is 59.3 Å². The highest BCUT2D eigenvalue weighted by Crippen LogP contribution is 2.37. The maximum atomic E-state index is 11.3. The molecule has 0 saturated heterocycles. The van der Waals surface area contributed by atoms with Crippen molar-refractivity contribution in [3.63, 3.8) is 0 Å². The molecule has 0 saturated carbocycles. The number of rotatable bonds is 5. The minimum absolute atomic E-state index is 0.0764. The van der Waals surface area contributed by atoms with Crippen LogP contribution in [-0.2, 0) is 10.8 Å². The zero-order valence-corrected chi connectivity index (χ0v) is 24.9. The van der Waals surface area contributed by atoms with E-state index in [1.807, 2.05) is 19.1 Å². The molecule has 0 aliphatic carbocycles. The van der Waals surface area contributed by atoms with E-state index in [1.54, 1.807) is 13.2 Å². The minimum Gasteiger partial charge on any atom is -0.496 e. The lowest BCUT2D eigenvalue weighted by molar-refractivity contribution is 0.112. The fourth-order valence-corrected chi connectivity index (χ4v) is 5.32. The lowest BCUT2D eigenvalue weighted by Gasteiger charge is -2.19. The van der Waals surface area contributed by atoms with Crippen LogP contribution < -0.4 is 4.74 Å². The quantitative estimate of drug-likeness (QED) is 0.168. The predicted octanol–water partition coefficient (Wildman–Crippen LogP) is 9.68. The van der Waals surface area contributed by atoms with E-state index in [0.717, 1.165) is 28.7 Å².